The third-order valence-corrected chi connectivity index (χ3v) is 1.85. The molecule has 1 aromatic carbocycles. The molecule has 0 aliphatic heterocycles. The van der Waals surface area contributed by atoms with Gasteiger partial charge in [-0.25, -0.2) is 0 Å². The molecule has 1 rings (SSSR count). The molecule has 0 unspecified atom stereocenters. The van der Waals surface area contributed by atoms with Crippen LogP contribution in [0.5, 0.6) is 11.5 Å². The van der Waals surface area contributed by atoms with E-state index >= 15 is 0 Å². The number of phenolic OH excluding ortho intramolecular Hbond substituents is 1. The second-order valence-electron chi connectivity index (χ2n) is 3.22. The van der Waals surface area contributed by atoms with Gasteiger partial charge in [0.2, 0.25) is 0 Å². The fourth-order valence-corrected chi connectivity index (χ4v) is 1.02. The second-order valence-corrected chi connectivity index (χ2v) is 3.22. The largest absolute Gasteiger partial charge is 0.504 e. The molecule has 0 radical (unpaired) electrons. The van der Waals surface area contributed by atoms with E-state index in [1.807, 2.05) is 19.1 Å². The summed E-state index contributed by atoms with van der Waals surface area (Å²) >= 11 is 0. The van der Waals surface area contributed by atoms with Crippen LogP contribution in [0.3, 0.4) is 0 Å². The SMILES string of the molecule is C=CCc1ccc(O)c(OC)c1.CCCO. The van der Waals surface area contributed by atoms with E-state index in [1.165, 1.54) is 7.11 Å². The first-order valence-corrected chi connectivity index (χ1v) is 5.27. The van der Waals surface area contributed by atoms with Crippen LogP contribution >= 0.6 is 0 Å². The van der Waals surface area contributed by atoms with E-state index in [2.05, 4.69) is 6.58 Å². The number of allylic oxidation sites excluding steroid dienone is 1. The molecule has 0 amide bonds. The highest BCUT2D eigenvalue weighted by atomic mass is 16.5. The number of ether oxygens (including phenoxy) is 1. The molecule has 2 N–H and O–H groups in total. The average Bonchev–Trinajstić information content (AvgIpc) is 2.32. The van der Waals surface area contributed by atoms with Gasteiger partial charge in [0.1, 0.15) is 0 Å². The van der Waals surface area contributed by atoms with Gasteiger partial charge in [0.25, 0.3) is 0 Å². The topological polar surface area (TPSA) is 49.7 Å². The van der Waals surface area contributed by atoms with Gasteiger partial charge < -0.3 is 14.9 Å². The predicted octanol–water partition coefficient (Wildman–Crippen LogP) is 2.52. The molecule has 0 fully saturated rings. The number of phenols is 1. The zero-order valence-corrected chi connectivity index (χ0v) is 9.94. The van der Waals surface area contributed by atoms with Crippen molar-refractivity contribution in [2.24, 2.45) is 0 Å². The van der Waals surface area contributed by atoms with Crippen LogP contribution in [0, 0.1) is 0 Å². The van der Waals surface area contributed by atoms with Crippen molar-refractivity contribution in [3.05, 3.63) is 36.4 Å². The maximum atomic E-state index is 9.25. The summed E-state index contributed by atoms with van der Waals surface area (Å²) in [6.45, 7) is 5.88. The van der Waals surface area contributed by atoms with Crippen LogP contribution in [0.25, 0.3) is 0 Å². The van der Waals surface area contributed by atoms with Crippen molar-refractivity contribution >= 4 is 0 Å². The molecule has 0 atom stereocenters. The normalized spacial score (nSPS) is 8.94. The van der Waals surface area contributed by atoms with Gasteiger partial charge >= 0.3 is 0 Å². The highest BCUT2D eigenvalue weighted by molar-refractivity contribution is 5.42. The Morgan fingerprint density at radius 3 is 2.50 bits per heavy atom. The second kappa shape index (κ2) is 8.80. The van der Waals surface area contributed by atoms with Crippen molar-refractivity contribution < 1.29 is 14.9 Å². The molecular weight excluding hydrogens is 204 g/mol. The minimum absolute atomic E-state index is 0.172. The molecule has 16 heavy (non-hydrogen) atoms. The standard InChI is InChI=1S/C10H12O2.C3H8O/c1-3-4-8-5-6-9(11)10(7-8)12-2;1-2-3-4/h3,5-7,11H,1,4H2,2H3;4H,2-3H2,1H3. The van der Waals surface area contributed by atoms with Crippen LogP contribution in [0.15, 0.2) is 30.9 Å². The number of aromatic hydroxyl groups is 1. The Kier molecular flexibility index (Phi) is 7.98. The summed E-state index contributed by atoms with van der Waals surface area (Å²) in [5.74, 6) is 0.680. The van der Waals surface area contributed by atoms with Gasteiger partial charge in [0.05, 0.1) is 7.11 Å². The molecule has 0 aliphatic rings. The molecule has 0 aromatic heterocycles. The monoisotopic (exact) mass is 224 g/mol. The van der Waals surface area contributed by atoms with Gasteiger partial charge in [-0.05, 0) is 30.5 Å². The van der Waals surface area contributed by atoms with E-state index < -0.39 is 0 Å². The lowest BCUT2D eigenvalue weighted by Crippen LogP contribution is -1.86. The van der Waals surface area contributed by atoms with Crippen molar-refractivity contribution in [2.75, 3.05) is 13.7 Å². The van der Waals surface area contributed by atoms with Crippen LogP contribution in [0.2, 0.25) is 0 Å². The van der Waals surface area contributed by atoms with Gasteiger partial charge in [0, 0.05) is 6.61 Å². The number of aliphatic hydroxyl groups excluding tert-OH is 1. The lowest BCUT2D eigenvalue weighted by molar-refractivity contribution is 0.295. The first-order chi connectivity index (χ1) is 7.69. The van der Waals surface area contributed by atoms with Crippen molar-refractivity contribution in [3.8, 4) is 11.5 Å². The highest BCUT2D eigenvalue weighted by Gasteiger charge is 2.00. The smallest absolute Gasteiger partial charge is 0.160 e. The zero-order valence-electron chi connectivity index (χ0n) is 9.94. The number of methoxy groups -OCH3 is 1. The number of aliphatic hydroxyl groups is 1. The molecular formula is C13H20O3. The Hall–Kier alpha value is -1.48. The summed E-state index contributed by atoms with van der Waals surface area (Å²) in [5, 5.41) is 17.1. The predicted molar refractivity (Wildman–Crippen MR) is 65.9 cm³/mol. The van der Waals surface area contributed by atoms with E-state index in [0.29, 0.717) is 12.4 Å². The van der Waals surface area contributed by atoms with Crippen LogP contribution < -0.4 is 4.74 Å². The molecule has 0 saturated heterocycles. The molecule has 3 heteroatoms. The summed E-state index contributed by atoms with van der Waals surface area (Å²) in [7, 11) is 1.53. The molecule has 0 spiro atoms. The van der Waals surface area contributed by atoms with Gasteiger partial charge in [-0.15, -0.1) is 6.58 Å². The molecule has 1 aromatic rings. The van der Waals surface area contributed by atoms with Gasteiger partial charge in [-0.3, -0.25) is 0 Å². The lowest BCUT2D eigenvalue weighted by Gasteiger charge is -2.04. The first-order valence-electron chi connectivity index (χ1n) is 5.27. The first kappa shape index (κ1) is 14.5. The molecule has 0 heterocycles. The van der Waals surface area contributed by atoms with Crippen LogP contribution in [-0.4, -0.2) is 23.9 Å². The maximum Gasteiger partial charge on any atom is 0.160 e. The van der Waals surface area contributed by atoms with Crippen molar-refractivity contribution in [1.82, 2.24) is 0 Å². The Morgan fingerprint density at radius 2 is 2.06 bits per heavy atom. The summed E-state index contributed by atoms with van der Waals surface area (Å²) in [6, 6.07) is 5.27. The average molecular weight is 224 g/mol. The Balaban J connectivity index is 0.000000487. The van der Waals surface area contributed by atoms with Crippen molar-refractivity contribution in [1.29, 1.82) is 0 Å². The Morgan fingerprint density at radius 1 is 1.44 bits per heavy atom. The zero-order chi connectivity index (χ0) is 12.4. The van der Waals surface area contributed by atoms with Crippen molar-refractivity contribution in [2.45, 2.75) is 19.8 Å². The quantitative estimate of drug-likeness (QED) is 0.773. The lowest BCUT2D eigenvalue weighted by atomic mass is 10.1. The summed E-state index contributed by atoms with van der Waals surface area (Å²) in [6.07, 6.45) is 3.47. The van der Waals surface area contributed by atoms with E-state index in [0.717, 1.165) is 18.4 Å². The van der Waals surface area contributed by atoms with Gasteiger partial charge in [-0.2, -0.15) is 0 Å². The maximum absolute atomic E-state index is 9.25. The summed E-state index contributed by atoms with van der Waals surface area (Å²) in [5.41, 5.74) is 1.08. The summed E-state index contributed by atoms with van der Waals surface area (Å²) in [4.78, 5) is 0. The minimum atomic E-state index is 0.172. The summed E-state index contributed by atoms with van der Waals surface area (Å²) < 4.78 is 4.95. The van der Waals surface area contributed by atoms with E-state index in [9.17, 15) is 5.11 Å². The van der Waals surface area contributed by atoms with E-state index in [-0.39, 0.29) is 5.75 Å². The Labute approximate surface area is 97.0 Å². The molecule has 0 bridgehead atoms. The van der Waals surface area contributed by atoms with Gasteiger partial charge in [-0.1, -0.05) is 19.1 Å². The number of rotatable bonds is 4. The highest BCUT2D eigenvalue weighted by Crippen LogP contribution is 2.26. The third-order valence-electron chi connectivity index (χ3n) is 1.85. The fourth-order valence-electron chi connectivity index (χ4n) is 1.02. The number of benzene rings is 1. The molecule has 3 nitrogen and oxygen atoms in total. The van der Waals surface area contributed by atoms with Crippen molar-refractivity contribution in [3.63, 3.8) is 0 Å². The van der Waals surface area contributed by atoms with Gasteiger partial charge in [0.15, 0.2) is 11.5 Å². The fraction of sp³-hybridized carbons (Fsp3) is 0.385. The molecule has 0 aliphatic carbocycles. The van der Waals surface area contributed by atoms with Crippen LogP contribution in [-0.2, 0) is 6.42 Å². The third kappa shape index (κ3) is 5.41. The number of hydrogen-bond acceptors (Lipinski definition) is 3. The molecule has 0 saturated carbocycles. The minimum Gasteiger partial charge on any atom is -0.504 e. The van der Waals surface area contributed by atoms with E-state index in [4.69, 9.17) is 9.84 Å². The molecule has 90 valence electrons. The van der Waals surface area contributed by atoms with Crippen LogP contribution in [0.4, 0.5) is 0 Å². The number of hydrogen-bond donors (Lipinski definition) is 2. The Bertz CT molecular complexity index is 306. The van der Waals surface area contributed by atoms with Crippen LogP contribution in [0.1, 0.15) is 18.9 Å². The van der Waals surface area contributed by atoms with E-state index in [1.54, 1.807) is 12.1 Å².